The topological polar surface area (TPSA) is 52.0 Å². The van der Waals surface area contributed by atoms with Gasteiger partial charge in [-0.1, -0.05) is 12.2 Å². The van der Waals surface area contributed by atoms with E-state index in [0.717, 1.165) is 6.42 Å². The van der Waals surface area contributed by atoms with Gasteiger partial charge in [0.25, 0.3) is 0 Å². The van der Waals surface area contributed by atoms with E-state index < -0.39 is 5.66 Å². The summed E-state index contributed by atoms with van der Waals surface area (Å²) in [4.78, 5) is 0. The van der Waals surface area contributed by atoms with Crippen LogP contribution in [0.25, 0.3) is 0 Å². The highest BCUT2D eigenvalue weighted by atomic mass is 15.0. The van der Waals surface area contributed by atoms with E-state index >= 15 is 0 Å². The molecule has 10 heavy (non-hydrogen) atoms. The van der Waals surface area contributed by atoms with Crippen molar-refractivity contribution in [2.24, 2.45) is 23.3 Å². The summed E-state index contributed by atoms with van der Waals surface area (Å²) in [6.45, 7) is 0. The Morgan fingerprint density at radius 3 is 2.20 bits per heavy atom. The Morgan fingerprint density at radius 2 is 2.00 bits per heavy atom. The van der Waals surface area contributed by atoms with Crippen LogP contribution in [0.5, 0.6) is 0 Å². The lowest BCUT2D eigenvalue weighted by atomic mass is 9.69. The lowest BCUT2D eigenvalue weighted by molar-refractivity contribution is 0.183. The zero-order valence-corrected chi connectivity index (χ0v) is 6.09. The van der Waals surface area contributed by atoms with Gasteiger partial charge in [0, 0.05) is 5.92 Å². The Kier molecular flexibility index (Phi) is 1.17. The molecule has 2 bridgehead atoms. The molecule has 3 aliphatic carbocycles. The summed E-state index contributed by atoms with van der Waals surface area (Å²) in [5, 5.41) is 0. The zero-order chi connectivity index (χ0) is 7.19. The van der Waals surface area contributed by atoms with Crippen molar-refractivity contribution in [3.63, 3.8) is 0 Å². The Balaban J connectivity index is 2.27. The summed E-state index contributed by atoms with van der Waals surface area (Å²) in [6, 6.07) is 0. The van der Waals surface area contributed by atoms with Crippen molar-refractivity contribution in [2.45, 2.75) is 24.9 Å². The van der Waals surface area contributed by atoms with Gasteiger partial charge in [0.2, 0.25) is 0 Å². The molecule has 1 fully saturated rings. The lowest BCUT2D eigenvalue weighted by Gasteiger charge is -2.43. The van der Waals surface area contributed by atoms with Crippen molar-refractivity contribution in [3.05, 3.63) is 12.2 Å². The average molecular weight is 138 g/mol. The second-order valence-corrected chi connectivity index (χ2v) is 3.65. The van der Waals surface area contributed by atoms with Crippen LogP contribution in [0.2, 0.25) is 0 Å². The molecule has 0 radical (unpaired) electrons. The maximum absolute atomic E-state index is 5.89. The highest BCUT2D eigenvalue weighted by Crippen LogP contribution is 2.38. The molecule has 1 saturated carbocycles. The highest BCUT2D eigenvalue weighted by molar-refractivity contribution is 5.12. The fraction of sp³-hybridized carbons (Fsp3) is 0.750. The molecule has 2 heteroatoms. The number of fused-ring (bicyclic) bond motifs is 2. The molecule has 56 valence electrons. The monoisotopic (exact) mass is 138 g/mol. The largest absolute Gasteiger partial charge is 0.313 e. The van der Waals surface area contributed by atoms with Crippen LogP contribution in [0.3, 0.4) is 0 Å². The summed E-state index contributed by atoms with van der Waals surface area (Å²) >= 11 is 0. The smallest absolute Gasteiger partial charge is 0.0706 e. The highest BCUT2D eigenvalue weighted by Gasteiger charge is 2.38. The predicted octanol–water partition coefficient (Wildman–Crippen LogP) is 0.586. The normalized spacial score (nSPS) is 42.2. The van der Waals surface area contributed by atoms with Gasteiger partial charge in [0.05, 0.1) is 5.66 Å². The van der Waals surface area contributed by atoms with Crippen molar-refractivity contribution < 1.29 is 0 Å². The van der Waals surface area contributed by atoms with Gasteiger partial charge in [0.1, 0.15) is 0 Å². The summed E-state index contributed by atoms with van der Waals surface area (Å²) in [5.41, 5.74) is 11.4. The van der Waals surface area contributed by atoms with E-state index in [9.17, 15) is 0 Å². The van der Waals surface area contributed by atoms with E-state index in [4.69, 9.17) is 11.5 Å². The minimum Gasteiger partial charge on any atom is -0.313 e. The SMILES string of the molecule is NC1(N)CC2C=CC1CC2. The average Bonchev–Trinajstić information content (AvgIpc) is 1.87. The second-order valence-electron chi connectivity index (χ2n) is 3.65. The number of hydrogen-bond acceptors (Lipinski definition) is 2. The van der Waals surface area contributed by atoms with Crippen LogP contribution in [-0.2, 0) is 0 Å². The van der Waals surface area contributed by atoms with Crippen LogP contribution in [0.15, 0.2) is 12.2 Å². The molecular formula is C8H14N2. The van der Waals surface area contributed by atoms with E-state index in [1.54, 1.807) is 0 Å². The van der Waals surface area contributed by atoms with Crippen LogP contribution >= 0.6 is 0 Å². The van der Waals surface area contributed by atoms with Gasteiger partial charge in [-0.25, -0.2) is 0 Å². The van der Waals surface area contributed by atoms with E-state index in [-0.39, 0.29) is 0 Å². The molecule has 2 atom stereocenters. The molecule has 0 amide bonds. The summed E-state index contributed by atoms with van der Waals surface area (Å²) in [7, 11) is 0. The maximum atomic E-state index is 5.89. The molecular weight excluding hydrogens is 124 g/mol. The Bertz CT molecular complexity index is 172. The molecule has 0 aromatic rings. The first-order valence-electron chi connectivity index (χ1n) is 3.94. The molecule has 0 aliphatic heterocycles. The first kappa shape index (κ1) is 6.38. The lowest BCUT2D eigenvalue weighted by Crippen LogP contribution is -2.59. The fourth-order valence-electron chi connectivity index (χ4n) is 2.10. The molecule has 2 nitrogen and oxygen atoms in total. The van der Waals surface area contributed by atoms with Gasteiger partial charge < -0.3 is 11.5 Å². The maximum Gasteiger partial charge on any atom is 0.0706 e. The van der Waals surface area contributed by atoms with Crippen LogP contribution in [-0.4, -0.2) is 5.66 Å². The van der Waals surface area contributed by atoms with E-state index in [1.807, 2.05) is 0 Å². The van der Waals surface area contributed by atoms with Crippen molar-refractivity contribution >= 4 is 0 Å². The molecule has 4 N–H and O–H groups in total. The zero-order valence-electron chi connectivity index (χ0n) is 6.09. The van der Waals surface area contributed by atoms with E-state index in [2.05, 4.69) is 12.2 Å². The van der Waals surface area contributed by atoms with Gasteiger partial charge in [-0.15, -0.1) is 0 Å². The van der Waals surface area contributed by atoms with Crippen LogP contribution in [0.4, 0.5) is 0 Å². The fourth-order valence-corrected chi connectivity index (χ4v) is 2.10. The van der Waals surface area contributed by atoms with Crippen LogP contribution in [0.1, 0.15) is 19.3 Å². The van der Waals surface area contributed by atoms with Gasteiger partial charge in [-0.05, 0) is 25.2 Å². The Hall–Kier alpha value is -0.340. The predicted molar refractivity (Wildman–Crippen MR) is 41.1 cm³/mol. The van der Waals surface area contributed by atoms with Crippen LogP contribution in [0, 0.1) is 11.8 Å². The standard InChI is InChI=1S/C8H14N2/c9-8(10)5-6-1-3-7(8)4-2-6/h1,3,6-7H,2,4-5,9-10H2. The molecule has 0 aromatic carbocycles. The number of allylic oxidation sites excluding steroid dienone is 1. The minimum absolute atomic E-state index is 0.391. The van der Waals surface area contributed by atoms with Gasteiger partial charge >= 0.3 is 0 Å². The third-order valence-electron chi connectivity index (χ3n) is 2.77. The second kappa shape index (κ2) is 1.83. The summed E-state index contributed by atoms with van der Waals surface area (Å²) in [5.74, 6) is 1.11. The van der Waals surface area contributed by atoms with Crippen molar-refractivity contribution in [2.75, 3.05) is 0 Å². The third-order valence-corrected chi connectivity index (χ3v) is 2.77. The Labute approximate surface area is 61.3 Å². The van der Waals surface area contributed by atoms with Crippen molar-refractivity contribution in [3.8, 4) is 0 Å². The third kappa shape index (κ3) is 0.796. The molecule has 0 heterocycles. The molecule has 0 aromatic heterocycles. The van der Waals surface area contributed by atoms with Gasteiger partial charge in [0.15, 0.2) is 0 Å². The molecule has 0 spiro atoms. The molecule has 2 unspecified atom stereocenters. The van der Waals surface area contributed by atoms with Gasteiger partial charge in [-0.3, -0.25) is 0 Å². The molecule has 0 saturated heterocycles. The summed E-state index contributed by atoms with van der Waals surface area (Å²) < 4.78 is 0. The van der Waals surface area contributed by atoms with Crippen molar-refractivity contribution in [1.29, 1.82) is 0 Å². The van der Waals surface area contributed by atoms with Crippen LogP contribution < -0.4 is 11.5 Å². The molecule has 3 aliphatic rings. The number of rotatable bonds is 0. The Morgan fingerprint density at radius 1 is 1.20 bits per heavy atom. The van der Waals surface area contributed by atoms with E-state index in [1.165, 1.54) is 12.8 Å². The first-order chi connectivity index (χ1) is 4.68. The van der Waals surface area contributed by atoms with Crippen molar-refractivity contribution in [1.82, 2.24) is 0 Å². The number of nitrogens with two attached hydrogens (primary N) is 2. The van der Waals surface area contributed by atoms with E-state index in [0.29, 0.717) is 11.8 Å². The quantitative estimate of drug-likeness (QED) is 0.380. The number of hydrogen-bond donors (Lipinski definition) is 2. The first-order valence-corrected chi connectivity index (χ1v) is 3.94. The molecule has 3 rings (SSSR count). The summed E-state index contributed by atoms with van der Waals surface area (Å²) in [6.07, 6.45) is 7.92. The van der Waals surface area contributed by atoms with Gasteiger partial charge in [-0.2, -0.15) is 0 Å². The minimum atomic E-state index is -0.391.